The van der Waals surface area contributed by atoms with Crippen molar-refractivity contribution in [3.05, 3.63) is 65.9 Å². The molecule has 0 saturated carbocycles. The van der Waals surface area contributed by atoms with Crippen LogP contribution in [0.1, 0.15) is 35.7 Å². The third-order valence-electron chi connectivity index (χ3n) is 4.79. The third kappa shape index (κ3) is 5.43. The summed E-state index contributed by atoms with van der Waals surface area (Å²) < 4.78 is 35.0. The molecule has 164 valence electrons. The monoisotopic (exact) mass is 442 g/mol. The molecule has 0 atom stereocenters. The Kier molecular flexibility index (Phi) is 6.96. The largest absolute Gasteiger partial charge is 0.497 e. The number of aromatic nitrogens is 2. The Hall–Kier alpha value is -3.33. The number of aryl methyl sites for hydroxylation is 2. The number of nitrogens with one attached hydrogen (secondary N) is 2. The molecule has 0 fully saturated rings. The highest BCUT2D eigenvalue weighted by Crippen LogP contribution is 2.22. The van der Waals surface area contributed by atoms with E-state index >= 15 is 0 Å². The Morgan fingerprint density at radius 1 is 1.13 bits per heavy atom. The fourth-order valence-corrected chi connectivity index (χ4v) is 4.08. The van der Waals surface area contributed by atoms with Gasteiger partial charge in [-0.25, -0.2) is 13.1 Å². The minimum atomic E-state index is -3.88. The number of hydrogen-bond donors (Lipinski definition) is 2. The number of hydrogen-bond acceptors (Lipinski definition) is 5. The van der Waals surface area contributed by atoms with Crippen LogP contribution in [0.15, 0.2) is 59.6 Å². The molecule has 0 saturated heterocycles. The minimum absolute atomic E-state index is 0.00133. The molecular weight excluding hydrogens is 416 g/mol. The topological polar surface area (TPSA) is 102 Å². The van der Waals surface area contributed by atoms with Crippen LogP contribution in [0.4, 0.5) is 11.5 Å². The van der Waals surface area contributed by atoms with Gasteiger partial charge < -0.3 is 10.1 Å². The smallest absolute Gasteiger partial charge is 0.261 e. The summed E-state index contributed by atoms with van der Waals surface area (Å²) in [5.74, 6) is 0.801. The molecule has 0 aliphatic heterocycles. The van der Waals surface area contributed by atoms with Crippen molar-refractivity contribution in [1.29, 1.82) is 0 Å². The zero-order valence-corrected chi connectivity index (χ0v) is 18.6. The molecule has 1 aromatic heterocycles. The van der Waals surface area contributed by atoms with Crippen LogP contribution in [-0.2, 0) is 16.6 Å². The van der Waals surface area contributed by atoms with Crippen molar-refractivity contribution < 1.29 is 17.9 Å². The van der Waals surface area contributed by atoms with E-state index in [1.165, 1.54) is 19.2 Å². The summed E-state index contributed by atoms with van der Waals surface area (Å²) in [5.41, 5.74) is 1.34. The van der Waals surface area contributed by atoms with Gasteiger partial charge in [-0.15, -0.1) is 0 Å². The van der Waals surface area contributed by atoms with Gasteiger partial charge in [0, 0.05) is 23.9 Å². The van der Waals surface area contributed by atoms with E-state index in [9.17, 15) is 13.2 Å². The molecule has 31 heavy (non-hydrogen) atoms. The zero-order valence-electron chi connectivity index (χ0n) is 17.8. The average molecular weight is 443 g/mol. The van der Waals surface area contributed by atoms with Crippen molar-refractivity contribution in [3.8, 4) is 5.75 Å². The van der Waals surface area contributed by atoms with E-state index < -0.39 is 15.9 Å². The number of benzene rings is 2. The molecule has 0 aliphatic rings. The Balaban J connectivity index is 1.81. The second-order valence-corrected chi connectivity index (χ2v) is 8.74. The van der Waals surface area contributed by atoms with Crippen LogP contribution in [0.25, 0.3) is 0 Å². The lowest BCUT2D eigenvalue weighted by molar-refractivity contribution is 0.102. The van der Waals surface area contributed by atoms with Crippen LogP contribution in [-0.4, -0.2) is 31.2 Å². The first kappa shape index (κ1) is 22.4. The fraction of sp³-hybridized carbons (Fsp3) is 0.273. The summed E-state index contributed by atoms with van der Waals surface area (Å²) in [7, 11) is -2.34. The highest BCUT2D eigenvalue weighted by Gasteiger charge is 2.19. The van der Waals surface area contributed by atoms with Crippen LogP contribution in [0.2, 0.25) is 0 Å². The molecular formula is C22H26N4O4S. The van der Waals surface area contributed by atoms with E-state index in [0.717, 1.165) is 12.8 Å². The van der Waals surface area contributed by atoms with Gasteiger partial charge in [0.05, 0.1) is 18.2 Å². The molecule has 0 bridgehead atoms. The zero-order chi connectivity index (χ0) is 22.4. The molecule has 8 nitrogen and oxygen atoms in total. The molecule has 3 aromatic rings. The van der Waals surface area contributed by atoms with Crippen LogP contribution < -0.4 is 14.8 Å². The van der Waals surface area contributed by atoms with Crippen molar-refractivity contribution in [1.82, 2.24) is 9.78 Å². The average Bonchev–Trinajstić information content (AvgIpc) is 3.19. The number of ether oxygens (including phenoxy) is 1. The number of anilines is 2. The van der Waals surface area contributed by atoms with Crippen molar-refractivity contribution in [2.45, 2.75) is 38.1 Å². The number of carbonyl (C=O) groups is 1. The summed E-state index contributed by atoms with van der Waals surface area (Å²) in [6.45, 7) is 4.53. The molecule has 2 N–H and O–H groups in total. The Labute approximate surface area is 182 Å². The number of carbonyl (C=O) groups excluding carboxylic acids is 1. The lowest BCUT2D eigenvalue weighted by atomic mass is 10.1. The van der Waals surface area contributed by atoms with Crippen LogP contribution in [0.3, 0.4) is 0 Å². The van der Waals surface area contributed by atoms with E-state index in [4.69, 9.17) is 4.74 Å². The number of rotatable bonds is 9. The number of amides is 1. The molecule has 2 aromatic carbocycles. The van der Waals surface area contributed by atoms with Gasteiger partial charge in [-0.3, -0.25) is 9.52 Å². The van der Waals surface area contributed by atoms with Gasteiger partial charge in [-0.1, -0.05) is 19.4 Å². The quantitative estimate of drug-likeness (QED) is 0.520. The maximum Gasteiger partial charge on any atom is 0.261 e. The summed E-state index contributed by atoms with van der Waals surface area (Å²) in [4.78, 5) is 12.9. The van der Waals surface area contributed by atoms with Crippen molar-refractivity contribution in [2.75, 3.05) is 17.1 Å². The van der Waals surface area contributed by atoms with E-state index in [-0.39, 0.29) is 10.5 Å². The van der Waals surface area contributed by atoms with Crippen molar-refractivity contribution >= 4 is 27.4 Å². The number of sulfonamides is 1. The number of unbranched alkanes of at least 4 members (excludes halogenated alkanes) is 1. The highest BCUT2D eigenvalue weighted by molar-refractivity contribution is 7.92. The summed E-state index contributed by atoms with van der Waals surface area (Å²) >= 11 is 0. The van der Waals surface area contributed by atoms with Gasteiger partial charge in [0.25, 0.3) is 15.9 Å². The first-order valence-electron chi connectivity index (χ1n) is 9.94. The Morgan fingerprint density at radius 3 is 2.55 bits per heavy atom. The number of methoxy groups -OCH3 is 1. The van der Waals surface area contributed by atoms with Crippen molar-refractivity contribution in [3.63, 3.8) is 0 Å². The third-order valence-corrected chi connectivity index (χ3v) is 6.17. The molecule has 3 rings (SSSR count). The van der Waals surface area contributed by atoms with Crippen LogP contribution in [0, 0.1) is 6.92 Å². The Morgan fingerprint density at radius 2 is 1.87 bits per heavy atom. The van der Waals surface area contributed by atoms with Gasteiger partial charge in [-0.2, -0.15) is 5.10 Å². The Bertz CT molecular complexity index is 1150. The van der Waals surface area contributed by atoms with Crippen molar-refractivity contribution in [2.24, 2.45) is 0 Å². The SMILES string of the molecule is CCCCn1nccc1NC(=O)c1cc(S(=O)(=O)Nc2ccc(OC)cc2)ccc1C. The van der Waals surface area contributed by atoms with E-state index in [2.05, 4.69) is 22.1 Å². The molecule has 1 heterocycles. The maximum absolute atomic E-state index is 12.9. The fourth-order valence-electron chi connectivity index (χ4n) is 2.99. The summed E-state index contributed by atoms with van der Waals surface area (Å²) in [6.07, 6.45) is 3.57. The molecule has 1 amide bonds. The lowest BCUT2D eigenvalue weighted by Crippen LogP contribution is -2.19. The van der Waals surface area contributed by atoms with Gasteiger partial charge >= 0.3 is 0 Å². The molecule has 0 spiro atoms. The summed E-state index contributed by atoms with van der Waals surface area (Å²) in [5, 5.41) is 7.06. The highest BCUT2D eigenvalue weighted by atomic mass is 32.2. The predicted octanol–water partition coefficient (Wildman–Crippen LogP) is 4.05. The van der Waals surface area contributed by atoms with Gasteiger partial charge in [0.15, 0.2) is 0 Å². The normalized spacial score (nSPS) is 11.2. The predicted molar refractivity (Wildman–Crippen MR) is 120 cm³/mol. The molecule has 0 aliphatic carbocycles. The second-order valence-electron chi connectivity index (χ2n) is 7.06. The maximum atomic E-state index is 12.9. The standard InChI is InChI=1S/C22H26N4O4S/c1-4-5-14-26-21(12-13-23-26)24-22(27)20-15-19(11-6-16(20)2)31(28,29)25-17-7-9-18(30-3)10-8-17/h6-13,15,25H,4-5,14H2,1-3H3,(H,24,27). The molecule has 0 radical (unpaired) electrons. The summed E-state index contributed by atoms with van der Waals surface area (Å²) in [6, 6.07) is 12.7. The van der Waals surface area contributed by atoms with Gasteiger partial charge in [0.2, 0.25) is 0 Å². The first-order chi connectivity index (χ1) is 14.8. The second kappa shape index (κ2) is 9.65. The number of nitrogens with zero attached hydrogens (tertiary/aromatic N) is 2. The van der Waals surface area contributed by atoms with Crippen LogP contribution >= 0.6 is 0 Å². The van der Waals surface area contributed by atoms with E-state index in [0.29, 0.717) is 29.4 Å². The molecule has 9 heteroatoms. The lowest BCUT2D eigenvalue weighted by Gasteiger charge is -2.13. The first-order valence-corrected chi connectivity index (χ1v) is 11.4. The van der Waals surface area contributed by atoms with E-state index in [1.807, 2.05) is 0 Å². The minimum Gasteiger partial charge on any atom is -0.497 e. The van der Waals surface area contributed by atoms with Gasteiger partial charge in [-0.05, 0) is 55.3 Å². The van der Waals surface area contributed by atoms with E-state index in [1.54, 1.807) is 54.2 Å². The van der Waals surface area contributed by atoms with Gasteiger partial charge in [0.1, 0.15) is 11.6 Å². The van der Waals surface area contributed by atoms with Crippen LogP contribution in [0.5, 0.6) is 5.75 Å². The molecule has 0 unspecified atom stereocenters.